The Hall–Kier alpha value is -2.18. The molecule has 2 N–H and O–H groups in total. The van der Waals surface area contributed by atoms with E-state index in [1.807, 2.05) is 6.92 Å². The van der Waals surface area contributed by atoms with Gasteiger partial charge in [0.15, 0.2) is 0 Å². The van der Waals surface area contributed by atoms with Crippen LogP contribution in [-0.4, -0.2) is 47.3 Å². The van der Waals surface area contributed by atoms with E-state index < -0.39 is 0 Å². The number of morpholine rings is 1. The summed E-state index contributed by atoms with van der Waals surface area (Å²) in [6.07, 6.45) is 0.838. The van der Waals surface area contributed by atoms with Crippen molar-refractivity contribution in [1.29, 1.82) is 0 Å². The molecule has 1 aliphatic heterocycles. The van der Waals surface area contributed by atoms with Gasteiger partial charge in [-0.05, 0) is 23.6 Å². The molecule has 0 bridgehead atoms. The normalized spacial score (nSPS) is 15.4. The molecule has 6 heteroatoms. The van der Waals surface area contributed by atoms with Gasteiger partial charge in [-0.3, -0.25) is 14.8 Å². The molecule has 2 aromatic rings. The van der Waals surface area contributed by atoms with E-state index in [0.29, 0.717) is 12.2 Å². The molecule has 0 atom stereocenters. The number of nitrogens with zero attached hydrogens (tertiary/aromatic N) is 2. The molecule has 0 aliphatic carbocycles. The predicted octanol–water partition coefficient (Wildman–Crippen LogP) is 1.73. The fourth-order valence-electron chi connectivity index (χ4n) is 2.71. The molecule has 128 valence electrons. The second-order valence-corrected chi connectivity index (χ2v) is 6.02. The maximum Gasteiger partial charge on any atom is 0.272 e. The van der Waals surface area contributed by atoms with Crippen LogP contribution in [0, 0.1) is 0 Å². The Bertz CT molecular complexity index is 660. The SMILES string of the molecule is CCc1cc(C(=O)NCc2ccc(CN3CCOCC3)cc2)n[nH]1. The van der Waals surface area contributed by atoms with Crippen LogP contribution in [0.3, 0.4) is 0 Å². The summed E-state index contributed by atoms with van der Waals surface area (Å²) in [5.74, 6) is -0.150. The number of hydrogen-bond donors (Lipinski definition) is 2. The maximum absolute atomic E-state index is 12.1. The van der Waals surface area contributed by atoms with Crippen LogP contribution in [0.1, 0.15) is 34.2 Å². The van der Waals surface area contributed by atoms with Gasteiger partial charge in [0, 0.05) is 31.9 Å². The number of benzene rings is 1. The van der Waals surface area contributed by atoms with Crippen molar-refractivity contribution in [3.05, 3.63) is 52.8 Å². The first kappa shape index (κ1) is 16.7. The average Bonchev–Trinajstić information content (AvgIpc) is 3.11. The molecule has 24 heavy (non-hydrogen) atoms. The molecule has 0 radical (unpaired) electrons. The number of aromatic nitrogens is 2. The second-order valence-electron chi connectivity index (χ2n) is 6.02. The van der Waals surface area contributed by atoms with E-state index in [2.05, 4.69) is 44.7 Å². The summed E-state index contributed by atoms with van der Waals surface area (Å²) in [4.78, 5) is 14.5. The van der Waals surface area contributed by atoms with Gasteiger partial charge in [-0.1, -0.05) is 31.2 Å². The Morgan fingerprint density at radius 2 is 1.96 bits per heavy atom. The Kier molecular flexibility index (Phi) is 5.61. The van der Waals surface area contributed by atoms with Crippen molar-refractivity contribution in [2.75, 3.05) is 26.3 Å². The van der Waals surface area contributed by atoms with Crippen molar-refractivity contribution >= 4 is 5.91 Å². The van der Waals surface area contributed by atoms with Crippen LogP contribution in [0.25, 0.3) is 0 Å². The summed E-state index contributed by atoms with van der Waals surface area (Å²) in [5.41, 5.74) is 3.77. The molecule has 1 aromatic carbocycles. The minimum atomic E-state index is -0.150. The smallest absolute Gasteiger partial charge is 0.272 e. The van der Waals surface area contributed by atoms with Gasteiger partial charge < -0.3 is 10.1 Å². The monoisotopic (exact) mass is 328 g/mol. The average molecular weight is 328 g/mol. The van der Waals surface area contributed by atoms with Crippen molar-refractivity contribution in [3.63, 3.8) is 0 Å². The van der Waals surface area contributed by atoms with Gasteiger partial charge in [0.05, 0.1) is 13.2 Å². The first-order valence-electron chi connectivity index (χ1n) is 8.45. The van der Waals surface area contributed by atoms with Crippen molar-refractivity contribution in [2.24, 2.45) is 0 Å². The quantitative estimate of drug-likeness (QED) is 0.847. The summed E-state index contributed by atoms with van der Waals surface area (Å²) >= 11 is 0. The van der Waals surface area contributed by atoms with Crippen molar-refractivity contribution in [2.45, 2.75) is 26.4 Å². The second kappa shape index (κ2) is 8.08. The minimum Gasteiger partial charge on any atom is -0.379 e. The zero-order valence-electron chi connectivity index (χ0n) is 14.0. The Morgan fingerprint density at radius 3 is 2.62 bits per heavy atom. The van der Waals surface area contributed by atoms with Crippen molar-refractivity contribution in [1.82, 2.24) is 20.4 Å². The molecule has 1 saturated heterocycles. The van der Waals surface area contributed by atoms with Crippen LogP contribution in [0.5, 0.6) is 0 Å². The minimum absolute atomic E-state index is 0.150. The largest absolute Gasteiger partial charge is 0.379 e. The first-order chi connectivity index (χ1) is 11.7. The number of nitrogens with one attached hydrogen (secondary N) is 2. The highest BCUT2D eigenvalue weighted by Gasteiger charge is 2.11. The van der Waals surface area contributed by atoms with Gasteiger partial charge in [-0.2, -0.15) is 5.10 Å². The Balaban J connectivity index is 1.49. The van der Waals surface area contributed by atoms with Crippen LogP contribution >= 0.6 is 0 Å². The van der Waals surface area contributed by atoms with Gasteiger partial charge >= 0.3 is 0 Å². The molecular formula is C18H24N4O2. The van der Waals surface area contributed by atoms with Crippen LogP contribution in [0.15, 0.2) is 30.3 Å². The van der Waals surface area contributed by atoms with E-state index in [-0.39, 0.29) is 5.91 Å². The number of amides is 1. The van der Waals surface area contributed by atoms with E-state index in [4.69, 9.17) is 4.74 Å². The fourth-order valence-corrected chi connectivity index (χ4v) is 2.71. The van der Waals surface area contributed by atoms with E-state index in [1.54, 1.807) is 6.07 Å². The Labute approximate surface area is 142 Å². The van der Waals surface area contributed by atoms with Gasteiger partial charge in [-0.15, -0.1) is 0 Å². The number of aryl methyl sites for hydroxylation is 1. The lowest BCUT2D eigenvalue weighted by atomic mass is 10.1. The molecule has 1 fully saturated rings. The first-order valence-corrected chi connectivity index (χ1v) is 8.45. The third-order valence-corrected chi connectivity index (χ3v) is 4.23. The number of carbonyl (C=O) groups excluding carboxylic acids is 1. The lowest BCUT2D eigenvalue weighted by molar-refractivity contribution is 0.0342. The molecule has 1 amide bonds. The maximum atomic E-state index is 12.1. The number of H-pyrrole nitrogens is 1. The van der Waals surface area contributed by atoms with Gasteiger partial charge in [0.2, 0.25) is 0 Å². The molecule has 2 heterocycles. The highest BCUT2D eigenvalue weighted by molar-refractivity contribution is 5.92. The molecular weight excluding hydrogens is 304 g/mol. The summed E-state index contributed by atoms with van der Waals surface area (Å²) < 4.78 is 5.37. The predicted molar refractivity (Wildman–Crippen MR) is 91.7 cm³/mol. The van der Waals surface area contributed by atoms with Gasteiger partial charge in [0.1, 0.15) is 5.69 Å². The molecule has 0 unspecified atom stereocenters. The third kappa shape index (κ3) is 4.43. The fraction of sp³-hybridized carbons (Fsp3) is 0.444. The molecule has 0 saturated carbocycles. The molecule has 0 spiro atoms. The van der Waals surface area contributed by atoms with Crippen molar-refractivity contribution < 1.29 is 9.53 Å². The number of hydrogen-bond acceptors (Lipinski definition) is 4. The lowest BCUT2D eigenvalue weighted by Gasteiger charge is -2.26. The van der Waals surface area contributed by atoms with E-state index in [9.17, 15) is 4.79 Å². The van der Waals surface area contributed by atoms with Crippen molar-refractivity contribution in [3.8, 4) is 0 Å². The van der Waals surface area contributed by atoms with Crippen LogP contribution in [0.4, 0.5) is 0 Å². The van der Waals surface area contributed by atoms with Crippen LogP contribution in [0.2, 0.25) is 0 Å². The summed E-state index contributed by atoms with van der Waals surface area (Å²) in [6, 6.07) is 10.2. The number of carbonyl (C=O) groups is 1. The highest BCUT2D eigenvalue weighted by Crippen LogP contribution is 2.09. The topological polar surface area (TPSA) is 70.2 Å². The molecule has 3 rings (SSSR count). The number of aromatic amines is 1. The van der Waals surface area contributed by atoms with Crippen LogP contribution in [-0.2, 0) is 24.2 Å². The third-order valence-electron chi connectivity index (χ3n) is 4.23. The van der Waals surface area contributed by atoms with E-state index >= 15 is 0 Å². The zero-order chi connectivity index (χ0) is 16.8. The summed E-state index contributed by atoms with van der Waals surface area (Å²) in [5, 5.41) is 9.79. The van der Waals surface area contributed by atoms with E-state index in [0.717, 1.165) is 50.5 Å². The zero-order valence-corrected chi connectivity index (χ0v) is 14.0. The Morgan fingerprint density at radius 1 is 1.25 bits per heavy atom. The van der Waals surface area contributed by atoms with Gasteiger partial charge in [-0.25, -0.2) is 0 Å². The molecule has 1 aliphatic rings. The lowest BCUT2D eigenvalue weighted by Crippen LogP contribution is -2.35. The van der Waals surface area contributed by atoms with E-state index in [1.165, 1.54) is 5.56 Å². The van der Waals surface area contributed by atoms with Crippen LogP contribution < -0.4 is 5.32 Å². The standard InChI is InChI=1S/C18H24N4O2/c1-2-16-11-17(21-20-16)18(23)19-12-14-3-5-15(6-4-14)13-22-7-9-24-10-8-22/h3-6,11H,2,7-10,12-13H2,1H3,(H,19,23)(H,20,21). The summed E-state index contributed by atoms with van der Waals surface area (Å²) in [6.45, 7) is 7.08. The highest BCUT2D eigenvalue weighted by atomic mass is 16.5. The van der Waals surface area contributed by atoms with Gasteiger partial charge in [0.25, 0.3) is 5.91 Å². The number of ether oxygens (including phenoxy) is 1. The number of rotatable bonds is 6. The molecule has 6 nitrogen and oxygen atoms in total. The molecule has 1 aromatic heterocycles. The summed E-state index contributed by atoms with van der Waals surface area (Å²) in [7, 11) is 0.